The van der Waals surface area contributed by atoms with Gasteiger partial charge in [-0.3, -0.25) is 9.80 Å². The average Bonchev–Trinajstić information content (AvgIpc) is 2.13. The first kappa shape index (κ1) is 24.1. The van der Waals surface area contributed by atoms with Crippen LogP contribution in [0.5, 0.6) is 0 Å². The van der Waals surface area contributed by atoms with E-state index in [1.807, 2.05) is 0 Å². The van der Waals surface area contributed by atoms with E-state index in [0.717, 1.165) is 28.2 Å². The zero-order chi connectivity index (χ0) is 15.3. The Morgan fingerprint density at radius 1 is 0.684 bits per heavy atom. The molecule has 0 amide bonds. The Labute approximate surface area is 119 Å². The van der Waals surface area contributed by atoms with Crippen molar-refractivity contribution in [2.75, 3.05) is 28.2 Å². The van der Waals surface area contributed by atoms with E-state index in [4.69, 9.17) is 10.2 Å². The fourth-order valence-electron chi connectivity index (χ4n) is 0.586. The van der Waals surface area contributed by atoms with Gasteiger partial charge in [0, 0.05) is 19.5 Å². The SMILES string of the molecule is CN(C)C(O)C(F)(F)F.CN(C)C(O)C(F)(F)F.[Zn]. The molecule has 0 rings (SSSR count). The Hall–Kier alpha value is 0.0434. The van der Waals surface area contributed by atoms with Crippen molar-refractivity contribution in [1.82, 2.24) is 9.80 Å². The molecule has 4 nitrogen and oxygen atoms in total. The topological polar surface area (TPSA) is 46.9 Å². The van der Waals surface area contributed by atoms with Gasteiger partial charge < -0.3 is 10.2 Å². The summed E-state index contributed by atoms with van der Waals surface area (Å²) in [5, 5.41) is 16.5. The minimum Gasteiger partial charge on any atom is -0.370 e. The van der Waals surface area contributed by atoms with E-state index in [0.29, 0.717) is 9.80 Å². The number of aliphatic hydroxyl groups is 2. The van der Waals surface area contributed by atoms with Gasteiger partial charge in [-0.05, 0) is 28.2 Å². The summed E-state index contributed by atoms with van der Waals surface area (Å²) in [6, 6.07) is 0. The van der Waals surface area contributed by atoms with E-state index >= 15 is 0 Å². The summed E-state index contributed by atoms with van der Waals surface area (Å²) < 4.78 is 68.4. The fraction of sp³-hybridized carbons (Fsp3) is 1.00. The Morgan fingerprint density at radius 3 is 0.842 bits per heavy atom. The third-order valence-corrected chi connectivity index (χ3v) is 1.56. The van der Waals surface area contributed by atoms with Crippen LogP contribution >= 0.6 is 0 Å². The largest absolute Gasteiger partial charge is 0.428 e. The molecule has 0 aliphatic rings. The molecule has 0 spiro atoms. The van der Waals surface area contributed by atoms with Crippen molar-refractivity contribution in [2.24, 2.45) is 0 Å². The first-order chi connectivity index (χ1) is 7.71. The number of hydrogen-bond donors (Lipinski definition) is 2. The molecule has 0 fully saturated rings. The number of alkyl halides is 6. The predicted molar refractivity (Wildman–Crippen MR) is 51.5 cm³/mol. The second-order valence-electron chi connectivity index (χ2n) is 3.76. The Kier molecular flexibility index (Phi) is 11.5. The van der Waals surface area contributed by atoms with Crippen LogP contribution in [0.4, 0.5) is 26.3 Å². The molecule has 0 bridgehead atoms. The van der Waals surface area contributed by atoms with Gasteiger partial charge in [0.25, 0.3) is 0 Å². The summed E-state index contributed by atoms with van der Waals surface area (Å²) in [6.45, 7) is 0. The van der Waals surface area contributed by atoms with Gasteiger partial charge in [0.15, 0.2) is 0 Å². The summed E-state index contributed by atoms with van der Waals surface area (Å²) in [7, 11) is 4.60. The van der Waals surface area contributed by atoms with Crippen molar-refractivity contribution in [3.8, 4) is 0 Å². The van der Waals surface area contributed by atoms with Crippen LogP contribution in [0.25, 0.3) is 0 Å². The van der Waals surface area contributed by atoms with Crippen LogP contribution in [-0.4, -0.2) is 73.0 Å². The maximum absolute atomic E-state index is 11.4. The van der Waals surface area contributed by atoms with Gasteiger partial charge in [0.05, 0.1) is 0 Å². The van der Waals surface area contributed by atoms with Gasteiger partial charge in [0.1, 0.15) is 0 Å². The molecule has 0 aliphatic carbocycles. The van der Waals surface area contributed by atoms with Crippen LogP contribution < -0.4 is 0 Å². The maximum Gasteiger partial charge on any atom is 0.428 e. The van der Waals surface area contributed by atoms with Crippen molar-refractivity contribution in [3.63, 3.8) is 0 Å². The molecule has 0 saturated heterocycles. The summed E-state index contributed by atoms with van der Waals surface area (Å²) in [5.41, 5.74) is 0. The summed E-state index contributed by atoms with van der Waals surface area (Å²) in [4.78, 5) is 1.36. The van der Waals surface area contributed by atoms with Gasteiger partial charge in [-0.2, -0.15) is 26.3 Å². The maximum atomic E-state index is 11.4. The molecule has 0 aromatic heterocycles. The predicted octanol–water partition coefficient (Wildman–Crippen LogP) is 0.855. The van der Waals surface area contributed by atoms with Crippen LogP contribution in [0.1, 0.15) is 0 Å². The first-order valence-electron chi connectivity index (χ1n) is 4.53. The Morgan fingerprint density at radius 2 is 0.842 bits per heavy atom. The second-order valence-corrected chi connectivity index (χ2v) is 3.76. The van der Waals surface area contributed by atoms with Crippen LogP contribution in [0.3, 0.4) is 0 Å². The molecule has 2 unspecified atom stereocenters. The number of aliphatic hydroxyl groups excluding tert-OH is 2. The van der Waals surface area contributed by atoms with E-state index in [2.05, 4.69) is 0 Å². The number of rotatable bonds is 2. The zero-order valence-corrected chi connectivity index (χ0v) is 13.9. The number of hydrogen-bond acceptors (Lipinski definition) is 4. The smallest absolute Gasteiger partial charge is 0.370 e. The first-order valence-corrected chi connectivity index (χ1v) is 4.53. The Bertz CT molecular complexity index is 210. The van der Waals surface area contributed by atoms with Gasteiger partial charge in [-0.25, -0.2) is 0 Å². The van der Waals surface area contributed by atoms with Gasteiger partial charge in [0.2, 0.25) is 12.5 Å². The average molecular weight is 352 g/mol. The molecule has 0 heterocycles. The molecular formula is C8H16F6N2O2Zn. The zero-order valence-electron chi connectivity index (χ0n) is 10.9. The molecule has 0 saturated carbocycles. The second kappa shape index (κ2) is 9.07. The van der Waals surface area contributed by atoms with Crippen LogP contribution in [0.2, 0.25) is 0 Å². The normalized spacial score (nSPS) is 15.5. The minimum absolute atomic E-state index is 0. The molecule has 19 heavy (non-hydrogen) atoms. The van der Waals surface area contributed by atoms with Crippen molar-refractivity contribution < 1.29 is 56.0 Å². The van der Waals surface area contributed by atoms with Crippen molar-refractivity contribution in [3.05, 3.63) is 0 Å². The van der Waals surface area contributed by atoms with Crippen LogP contribution in [0, 0.1) is 0 Å². The van der Waals surface area contributed by atoms with Crippen molar-refractivity contribution in [1.29, 1.82) is 0 Å². The van der Waals surface area contributed by atoms with E-state index in [-0.39, 0.29) is 19.5 Å². The van der Waals surface area contributed by atoms with E-state index in [1.165, 1.54) is 0 Å². The molecule has 0 radical (unpaired) electrons. The third kappa shape index (κ3) is 11.6. The van der Waals surface area contributed by atoms with Gasteiger partial charge in [-0.15, -0.1) is 0 Å². The van der Waals surface area contributed by atoms with Crippen LogP contribution in [-0.2, 0) is 19.5 Å². The summed E-state index contributed by atoms with van der Waals surface area (Å²) in [6.07, 6.45) is -13.8. The van der Waals surface area contributed by atoms with E-state index in [1.54, 1.807) is 0 Å². The quantitative estimate of drug-likeness (QED) is 0.440. The molecular weight excluding hydrogens is 335 g/mol. The number of halogens is 6. The molecule has 0 aromatic rings. The molecule has 2 atom stereocenters. The summed E-state index contributed by atoms with van der Waals surface area (Å²) >= 11 is 0. The molecule has 114 valence electrons. The molecule has 0 aliphatic heterocycles. The van der Waals surface area contributed by atoms with Crippen molar-refractivity contribution in [2.45, 2.75) is 24.8 Å². The summed E-state index contributed by atoms with van der Waals surface area (Å²) in [5.74, 6) is 0. The molecule has 0 aromatic carbocycles. The molecule has 11 heteroatoms. The molecule has 2 N–H and O–H groups in total. The Balaban J connectivity index is -0.000000256. The monoisotopic (exact) mass is 350 g/mol. The third-order valence-electron chi connectivity index (χ3n) is 1.56. The van der Waals surface area contributed by atoms with E-state index in [9.17, 15) is 26.3 Å². The number of nitrogens with zero attached hydrogens (tertiary/aromatic N) is 2. The standard InChI is InChI=1S/2C4H8F3NO.Zn/c2*1-8(2)3(9)4(5,6)7;/h2*3,9H,1-2H3;. The minimum atomic E-state index is -4.54. The van der Waals surface area contributed by atoms with Gasteiger partial charge in [-0.1, -0.05) is 0 Å². The van der Waals surface area contributed by atoms with E-state index < -0.39 is 24.8 Å². The fourth-order valence-corrected chi connectivity index (χ4v) is 0.586. The van der Waals surface area contributed by atoms with Crippen molar-refractivity contribution >= 4 is 0 Å². The van der Waals surface area contributed by atoms with Crippen LogP contribution in [0.15, 0.2) is 0 Å². The van der Waals surface area contributed by atoms with Gasteiger partial charge >= 0.3 is 12.4 Å².